The van der Waals surface area contributed by atoms with Gasteiger partial charge in [-0.05, 0) is 74.0 Å². The Balaban J connectivity index is 1.42. The first-order valence-electron chi connectivity index (χ1n) is 9.06. The Morgan fingerprint density at radius 2 is 1.67 bits per heavy atom. The van der Waals surface area contributed by atoms with Gasteiger partial charge in [-0.15, -0.1) is 0 Å². The Bertz CT molecular complexity index is 739. The van der Waals surface area contributed by atoms with E-state index in [0.717, 1.165) is 11.9 Å². The van der Waals surface area contributed by atoms with Crippen LogP contribution in [-0.4, -0.2) is 18.0 Å². The normalized spacial score (nSPS) is 19.1. The van der Waals surface area contributed by atoms with E-state index in [4.69, 9.17) is 0 Å². The Hall–Kier alpha value is -1.12. The summed E-state index contributed by atoms with van der Waals surface area (Å²) in [5.74, 6) is 0. The van der Waals surface area contributed by atoms with Crippen molar-refractivity contribution >= 4 is 15.9 Å². The fourth-order valence-corrected chi connectivity index (χ4v) is 4.98. The summed E-state index contributed by atoms with van der Waals surface area (Å²) in [6, 6.07) is 13.9. The number of nitrogens with zero attached hydrogens (tertiary/aromatic N) is 1. The molecule has 24 heavy (non-hydrogen) atoms. The summed E-state index contributed by atoms with van der Waals surface area (Å²) in [6.07, 6.45) is 3.95. The van der Waals surface area contributed by atoms with Crippen LogP contribution in [0, 0.1) is 13.8 Å². The van der Waals surface area contributed by atoms with Crippen molar-refractivity contribution in [1.29, 1.82) is 0 Å². The molecule has 1 spiro atoms. The van der Waals surface area contributed by atoms with E-state index in [2.05, 4.69) is 71.1 Å². The van der Waals surface area contributed by atoms with Gasteiger partial charge in [0, 0.05) is 17.3 Å². The van der Waals surface area contributed by atoms with Gasteiger partial charge in [0.15, 0.2) is 0 Å². The fraction of sp³-hybridized carbons (Fsp3) is 0.455. The van der Waals surface area contributed by atoms with Gasteiger partial charge in [-0.25, -0.2) is 0 Å². The summed E-state index contributed by atoms with van der Waals surface area (Å²) in [5.41, 5.74) is 9.53. The highest BCUT2D eigenvalue weighted by molar-refractivity contribution is 9.08. The second kappa shape index (κ2) is 6.31. The number of hydrogen-bond acceptors (Lipinski definition) is 1. The third-order valence-electron chi connectivity index (χ3n) is 6.10. The predicted octanol–water partition coefficient (Wildman–Crippen LogP) is 5.29. The van der Waals surface area contributed by atoms with Crippen LogP contribution in [0.15, 0.2) is 36.4 Å². The van der Waals surface area contributed by atoms with Crippen LogP contribution >= 0.6 is 15.9 Å². The maximum absolute atomic E-state index is 3.52. The molecule has 126 valence electrons. The zero-order chi connectivity index (χ0) is 16.7. The lowest BCUT2D eigenvalue weighted by atomic mass is 9.58. The molecule has 0 saturated carbocycles. The molecular formula is C22H26BrN. The van der Waals surface area contributed by atoms with E-state index in [0.29, 0.717) is 5.41 Å². The third-order valence-corrected chi connectivity index (χ3v) is 6.75. The fourth-order valence-electron chi connectivity index (χ4n) is 4.61. The molecule has 1 heterocycles. The molecule has 1 saturated heterocycles. The molecule has 2 heteroatoms. The Morgan fingerprint density at radius 1 is 1.00 bits per heavy atom. The molecule has 1 fully saturated rings. The summed E-state index contributed by atoms with van der Waals surface area (Å²) >= 11 is 3.52. The molecule has 0 bridgehead atoms. The predicted molar refractivity (Wildman–Crippen MR) is 105 cm³/mol. The van der Waals surface area contributed by atoms with Gasteiger partial charge in [-0.1, -0.05) is 57.9 Å². The number of rotatable bonds is 3. The van der Waals surface area contributed by atoms with Crippen molar-refractivity contribution < 1.29 is 0 Å². The number of benzene rings is 2. The molecule has 0 radical (unpaired) electrons. The van der Waals surface area contributed by atoms with Gasteiger partial charge in [0.2, 0.25) is 0 Å². The Morgan fingerprint density at radius 3 is 2.33 bits per heavy atom. The van der Waals surface area contributed by atoms with Crippen molar-refractivity contribution in [3.8, 4) is 0 Å². The quantitative estimate of drug-likeness (QED) is 0.650. The molecule has 0 amide bonds. The van der Waals surface area contributed by atoms with Crippen LogP contribution in [0.1, 0.15) is 46.2 Å². The number of fused-ring (bicyclic) bond motifs is 2. The minimum Gasteiger partial charge on any atom is -0.299 e. The van der Waals surface area contributed by atoms with E-state index in [9.17, 15) is 0 Å². The first-order chi connectivity index (χ1) is 11.6. The number of halogens is 1. The minimum atomic E-state index is 0.489. The van der Waals surface area contributed by atoms with Crippen molar-refractivity contribution in [3.05, 3.63) is 69.8 Å². The van der Waals surface area contributed by atoms with Crippen LogP contribution in [-0.2, 0) is 23.7 Å². The average molecular weight is 384 g/mol. The molecule has 1 aliphatic carbocycles. The van der Waals surface area contributed by atoms with E-state index in [1.54, 1.807) is 11.1 Å². The van der Waals surface area contributed by atoms with Crippen molar-refractivity contribution in [2.45, 2.75) is 50.4 Å². The highest BCUT2D eigenvalue weighted by Gasteiger charge is 2.45. The first-order valence-corrected chi connectivity index (χ1v) is 10.2. The lowest BCUT2D eigenvalue weighted by molar-refractivity contribution is 0.137. The molecule has 4 rings (SSSR count). The lowest BCUT2D eigenvalue weighted by Gasteiger charge is -2.50. The van der Waals surface area contributed by atoms with E-state index in [-0.39, 0.29) is 0 Å². The second-order valence-corrected chi connectivity index (χ2v) is 8.35. The van der Waals surface area contributed by atoms with Crippen molar-refractivity contribution in [2.24, 2.45) is 0 Å². The second-order valence-electron chi connectivity index (χ2n) is 7.79. The summed E-state index contributed by atoms with van der Waals surface area (Å²) in [6.45, 7) is 8.08. The maximum atomic E-state index is 3.52. The van der Waals surface area contributed by atoms with Crippen molar-refractivity contribution in [1.82, 2.24) is 4.90 Å². The number of alkyl halides is 1. The molecule has 0 atom stereocenters. The zero-order valence-corrected chi connectivity index (χ0v) is 16.3. The van der Waals surface area contributed by atoms with Gasteiger partial charge < -0.3 is 0 Å². The molecule has 2 aromatic rings. The topological polar surface area (TPSA) is 3.24 Å². The van der Waals surface area contributed by atoms with Crippen LogP contribution in [0.3, 0.4) is 0 Å². The van der Waals surface area contributed by atoms with Crippen LogP contribution in [0.2, 0.25) is 0 Å². The lowest BCUT2D eigenvalue weighted by Crippen LogP contribution is -2.49. The average Bonchev–Trinajstić information content (AvgIpc) is 2.59. The summed E-state index contributed by atoms with van der Waals surface area (Å²) in [4.78, 5) is 2.63. The van der Waals surface area contributed by atoms with Crippen LogP contribution in [0.5, 0.6) is 0 Å². The molecule has 2 aromatic carbocycles. The molecule has 0 unspecified atom stereocenters. The molecular weight excluding hydrogens is 358 g/mol. The summed E-state index contributed by atoms with van der Waals surface area (Å²) in [7, 11) is 0. The molecule has 2 aliphatic rings. The van der Waals surface area contributed by atoms with E-state index >= 15 is 0 Å². The van der Waals surface area contributed by atoms with Gasteiger partial charge in [-0.2, -0.15) is 0 Å². The first kappa shape index (κ1) is 16.4. The Labute approximate surface area is 154 Å². The number of hydrogen-bond donors (Lipinski definition) is 0. The molecule has 0 N–H and O–H groups in total. The molecule has 0 aromatic heterocycles. The van der Waals surface area contributed by atoms with E-state index < -0.39 is 0 Å². The van der Waals surface area contributed by atoms with Gasteiger partial charge in [0.1, 0.15) is 0 Å². The van der Waals surface area contributed by atoms with E-state index in [1.807, 2.05) is 0 Å². The van der Waals surface area contributed by atoms with Gasteiger partial charge in [0.25, 0.3) is 0 Å². The van der Waals surface area contributed by atoms with Gasteiger partial charge >= 0.3 is 0 Å². The smallest absolute Gasteiger partial charge is 0.0283 e. The van der Waals surface area contributed by atoms with Gasteiger partial charge in [-0.3, -0.25) is 4.90 Å². The van der Waals surface area contributed by atoms with E-state index in [1.165, 1.54) is 54.6 Å². The number of aryl methyl sites for hydroxylation is 2. The van der Waals surface area contributed by atoms with Crippen LogP contribution in [0.25, 0.3) is 0 Å². The summed E-state index contributed by atoms with van der Waals surface area (Å²) in [5, 5.41) is 0.942. The number of piperidine rings is 1. The molecule has 1 nitrogen and oxygen atoms in total. The SMILES string of the molecule is Cc1cc(C)c2c(c1)C1(CCN(Cc3ccc(CBr)cc3)CC1)C2. The zero-order valence-electron chi connectivity index (χ0n) is 14.7. The number of likely N-dealkylation sites (tertiary alicyclic amines) is 1. The largest absolute Gasteiger partial charge is 0.299 e. The highest BCUT2D eigenvalue weighted by Crippen LogP contribution is 2.49. The maximum Gasteiger partial charge on any atom is 0.0283 e. The highest BCUT2D eigenvalue weighted by atomic mass is 79.9. The monoisotopic (exact) mass is 383 g/mol. The van der Waals surface area contributed by atoms with Crippen molar-refractivity contribution in [2.75, 3.05) is 13.1 Å². The van der Waals surface area contributed by atoms with Crippen LogP contribution in [0.4, 0.5) is 0 Å². The minimum absolute atomic E-state index is 0.489. The van der Waals surface area contributed by atoms with Gasteiger partial charge in [0.05, 0.1) is 0 Å². The van der Waals surface area contributed by atoms with Crippen molar-refractivity contribution in [3.63, 3.8) is 0 Å². The van der Waals surface area contributed by atoms with Crippen LogP contribution < -0.4 is 0 Å². The summed E-state index contributed by atoms with van der Waals surface area (Å²) < 4.78 is 0. The third kappa shape index (κ3) is 2.84. The Kier molecular flexibility index (Phi) is 4.30. The standard InChI is InChI=1S/C22H26BrN/c1-16-11-17(2)20-13-22(21(20)12-16)7-9-24(10-8-22)15-19-5-3-18(14-23)4-6-19/h3-6,11-12H,7-10,13-15H2,1-2H3. The molecule has 1 aliphatic heterocycles.